The number of rotatable bonds is 6. The first kappa shape index (κ1) is 18.0. The maximum absolute atomic E-state index is 12.9. The van der Waals surface area contributed by atoms with Crippen LogP contribution in [-0.2, 0) is 13.2 Å². The molecule has 26 heavy (non-hydrogen) atoms. The number of halogens is 2. The first-order valence-corrected chi connectivity index (χ1v) is 8.48. The summed E-state index contributed by atoms with van der Waals surface area (Å²) in [6.07, 6.45) is 0. The van der Waals surface area contributed by atoms with Crippen molar-refractivity contribution in [1.29, 1.82) is 0 Å². The van der Waals surface area contributed by atoms with Crippen LogP contribution in [0.1, 0.15) is 21.5 Å². The summed E-state index contributed by atoms with van der Waals surface area (Å²) < 4.78 is 18.6. The average molecular weight is 370 g/mol. The Kier molecular flexibility index (Phi) is 5.87. The van der Waals surface area contributed by atoms with Crippen LogP contribution in [0.3, 0.4) is 0 Å². The molecule has 3 rings (SSSR count). The standard InChI is InChI=1S/C21H17ClFNO2/c22-20-7-2-1-4-17(20)14-26-19-6-3-5-16(12-19)21(25)24-13-15-8-10-18(23)11-9-15/h1-12H,13-14H2,(H,24,25). The van der Waals surface area contributed by atoms with E-state index in [0.29, 0.717) is 29.5 Å². The lowest BCUT2D eigenvalue weighted by Crippen LogP contribution is -2.22. The Hall–Kier alpha value is -2.85. The minimum atomic E-state index is -0.302. The van der Waals surface area contributed by atoms with Gasteiger partial charge in [-0.25, -0.2) is 4.39 Å². The predicted octanol–water partition coefficient (Wildman–Crippen LogP) is 4.99. The summed E-state index contributed by atoms with van der Waals surface area (Å²) in [6.45, 7) is 0.643. The third-order valence-corrected chi connectivity index (χ3v) is 4.18. The molecule has 0 bridgehead atoms. The van der Waals surface area contributed by atoms with Crippen LogP contribution in [0.5, 0.6) is 5.75 Å². The van der Waals surface area contributed by atoms with E-state index in [0.717, 1.165) is 11.1 Å². The Morgan fingerprint density at radius 2 is 1.77 bits per heavy atom. The van der Waals surface area contributed by atoms with E-state index in [-0.39, 0.29) is 11.7 Å². The van der Waals surface area contributed by atoms with Crippen LogP contribution >= 0.6 is 11.6 Å². The number of hydrogen-bond donors (Lipinski definition) is 1. The maximum atomic E-state index is 12.9. The molecule has 0 heterocycles. The van der Waals surface area contributed by atoms with Gasteiger partial charge in [-0.2, -0.15) is 0 Å². The molecule has 3 aromatic rings. The average Bonchev–Trinajstić information content (AvgIpc) is 2.67. The van der Waals surface area contributed by atoms with Crippen molar-refractivity contribution in [3.05, 3.63) is 100 Å². The Morgan fingerprint density at radius 1 is 1.00 bits per heavy atom. The van der Waals surface area contributed by atoms with Gasteiger partial charge in [0.1, 0.15) is 18.2 Å². The Labute approximate surface area is 156 Å². The lowest BCUT2D eigenvalue weighted by atomic mass is 10.2. The van der Waals surface area contributed by atoms with Gasteiger partial charge in [-0.15, -0.1) is 0 Å². The molecule has 0 aliphatic rings. The molecule has 0 spiro atoms. The molecule has 0 saturated carbocycles. The first-order valence-electron chi connectivity index (χ1n) is 8.11. The van der Waals surface area contributed by atoms with E-state index < -0.39 is 0 Å². The summed E-state index contributed by atoms with van der Waals surface area (Å²) in [6, 6.07) is 20.4. The number of carbonyl (C=O) groups is 1. The number of benzene rings is 3. The van der Waals surface area contributed by atoms with Crippen molar-refractivity contribution in [1.82, 2.24) is 5.32 Å². The van der Waals surface area contributed by atoms with Gasteiger partial charge in [0.05, 0.1) is 0 Å². The second-order valence-electron chi connectivity index (χ2n) is 5.72. The van der Waals surface area contributed by atoms with Gasteiger partial charge in [0.25, 0.3) is 5.91 Å². The Bertz CT molecular complexity index is 897. The molecule has 0 radical (unpaired) electrons. The molecule has 0 unspecified atom stereocenters. The van der Waals surface area contributed by atoms with Crippen LogP contribution in [-0.4, -0.2) is 5.91 Å². The van der Waals surface area contributed by atoms with Gasteiger partial charge in [-0.05, 0) is 42.0 Å². The van der Waals surface area contributed by atoms with Gasteiger partial charge in [0.2, 0.25) is 0 Å². The van der Waals surface area contributed by atoms with Gasteiger partial charge in [-0.3, -0.25) is 4.79 Å². The summed E-state index contributed by atoms with van der Waals surface area (Å²) in [5, 5.41) is 3.45. The Morgan fingerprint density at radius 3 is 2.54 bits per heavy atom. The normalized spacial score (nSPS) is 10.4. The molecule has 0 fully saturated rings. The van der Waals surface area contributed by atoms with Crippen molar-refractivity contribution in [2.75, 3.05) is 0 Å². The van der Waals surface area contributed by atoms with E-state index >= 15 is 0 Å². The SMILES string of the molecule is O=C(NCc1ccc(F)cc1)c1cccc(OCc2ccccc2Cl)c1. The fourth-order valence-electron chi connectivity index (χ4n) is 2.39. The smallest absolute Gasteiger partial charge is 0.251 e. The minimum absolute atomic E-state index is 0.225. The molecule has 0 aliphatic carbocycles. The molecule has 5 heteroatoms. The molecule has 0 atom stereocenters. The van der Waals surface area contributed by atoms with E-state index in [2.05, 4.69) is 5.32 Å². The van der Waals surface area contributed by atoms with Gasteiger partial charge in [0.15, 0.2) is 0 Å². The summed E-state index contributed by atoms with van der Waals surface area (Å²) in [5.74, 6) is 0.0558. The van der Waals surface area contributed by atoms with Crippen LogP contribution in [0.25, 0.3) is 0 Å². The van der Waals surface area contributed by atoms with E-state index in [9.17, 15) is 9.18 Å². The van der Waals surface area contributed by atoms with Crippen molar-refractivity contribution in [3.8, 4) is 5.75 Å². The van der Waals surface area contributed by atoms with Crippen molar-refractivity contribution in [3.63, 3.8) is 0 Å². The van der Waals surface area contributed by atoms with Gasteiger partial charge in [-0.1, -0.05) is 48.0 Å². The molecule has 132 valence electrons. The fraction of sp³-hybridized carbons (Fsp3) is 0.0952. The third-order valence-electron chi connectivity index (χ3n) is 3.81. The molecule has 0 aliphatic heterocycles. The molecule has 0 saturated heterocycles. The quantitative estimate of drug-likeness (QED) is 0.664. The number of hydrogen-bond acceptors (Lipinski definition) is 2. The van der Waals surface area contributed by atoms with Crippen molar-refractivity contribution in [2.45, 2.75) is 13.2 Å². The van der Waals surface area contributed by atoms with E-state index in [1.165, 1.54) is 12.1 Å². The molecule has 0 aromatic heterocycles. The van der Waals surface area contributed by atoms with Crippen molar-refractivity contribution < 1.29 is 13.9 Å². The minimum Gasteiger partial charge on any atom is -0.489 e. The van der Waals surface area contributed by atoms with Crippen LogP contribution in [0.2, 0.25) is 5.02 Å². The van der Waals surface area contributed by atoms with Crippen LogP contribution < -0.4 is 10.1 Å². The predicted molar refractivity (Wildman–Crippen MR) is 99.8 cm³/mol. The molecule has 3 nitrogen and oxygen atoms in total. The zero-order valence-electron chi connectivity index (χ0n) is 13.9. The topological polar surface area (TPSA) is 38.3 Å². The Balaban J connectivity index is 1.60. The molecular formula is C21H17ClFNO2. The molecular weight excluding hydrogens is 353 g/mol. The van der Waals surface area contributed by atoms with Crippen molar-refractivity contribution >= 4 is 17.5 Å². The van der Waals surface area contributed by atoms with Crippen LogP contribution in [0.15, 0.2) is 72.8 Å². The highest BCUT2D eigenvalue weighted by Gasteiger charge is 2.07. The number of carbonyl (C=O) groups excluding carboxylic acids is 1. The zero-order chi connectivity index (χ0) is 18.4. The van der Waals surface area contributed by atoms with Gasteiger partial charge >= 0.3 is 0 Å². The highest BCUT2D eigenvalue weighted by Crippen LogP contribution is 2.19. The summed E-state index contributed by atoms with van der Waals surface area (Å²) in [5.41, 5.74) is 2.19. The second kappa shape index (κ2) is 8.50. The summed E-state index contributed by atoms with van der Waals surface area (Å²) in [4.78, 5) is 12.3. The fourth-order valence-corrected chi connectivity index (χ4v) is 2.58. The third kappa shape index (κ3) is 4.83. The van der Waals surface area contributed by atoms with Gasteiger partial charge < -0.3 is 10.1 Å². The van der Waals surface area contributed by atoms with Crippen molar-refractivity contribution in [2.24, 2.45) is 0 Å². The largest absolute Gasteiger partial charge is 0.489 e. The van der Waals surface area contributed by atoms with Crippen LogP contribution in [0, 0.1) is 5.82 Å². The number of nitrogens with one attached hydrogen (secondary N) is 1. The first-order chi connectivity index (χ1) is 12.6. The molecule has 1 amide bonds. The summed E-state index contributed by atoms with van der Waals surface area (Å²) in [7, 11) is 0. The van der Waals surface area contributed by atoms with Gasteiger partial charge in [0, 0.05) is 22.7 Å². The monoisotopic (exact) mass is 369 g/mol. The second-order valence-corrected chi connectivity index (χ2v) is 6.12. The maximum Gasteiger partial charge on any atom is 0.251 e. The number of amides is 1. The van der Waals surface area contributed by atoms with E-state index in [4.69, 9.17) is 16.3 Å². The van der Waals surface area contributed by atoms with E-state index in [1.54, 1.807) is 42.5 Å². The van der Waals surface area contributed by atoms with Crippen LogP contribution in [0.4, 0.5) is 4.39 Å². The highest BCUT2D eigenvalue weighted by molar-refractivity contribution is 6.31. The zero-order valence-corrected chi connectivity index (χ0v) is 14.7. The lowest BCUT2D eigenvalue weighted by Gasteiger charge is -2.10. The lowest BCUT2D eigenvalue weighted by molar-refractivity contribution is 0.0950. The molecule has 3 aromatic carbocycles. The molecule has 1 N–H and O–H groups in total. The highest BCUT2D eigenvalue weighted by atomic mass is 35.5. The van der Waals surface area contributed by atoms with E-state index in [1.807, 2.05) is 18.2 Å². The number of ether oxygens (including phenoxy) is 1. The summed E-state index contributed by atoms with van der Waals surface area (Å²) >= 11 is 6.11.